The summed E-state index contributed by atoms with van der Waals surface area (Å²) in [6.07, 6.45) is 2.68. The second kappa shape index (κ2) is 10.3. The van der Waals surface area contributed by atoms with Gasteiger partial charge in [-0.15, -0.1) is 0 Å². The predicted octanol–water partition coefficient (Wildman–Crippen LogP) is 5.70. The normalized spacial score (nSPS) is 10.7. The molecule has 0 bridgehead atoms. The molecule has 0 radical (unpaired) electrons. The Balaban J connectivity index is 1.64. The minimum atomic E-state index is -0.552. The number of nitro groups is 1. The van der Waals surface area contributed by atoms with E-state index in [1.807, 2.05) is 0 Å². The zero-order valence-electron chi connectivity index (χ0n) is 16.4. The van der Waals surface area contributed by atoms with Gasteiger partial charge in [-0.1, -0.05) is 29.3 Å². The second-order valence-corrected chi connectivity index (χ2v) is 7.42. The summed E-state index contributed by atoms with van der Waals surface area (Å²) in [6, 6.07) is 12.5. The number of ether oxygens (including phenoxy) is 1. The minimum absolute atomic E-state index is 0.0655. The summed E-state index contributed by atoms with van der Waals surface area (Å²) in [5, 5.41) is 16.8. The number of nitrogens with zero attached hydrogens (tertiary/aromatic N) is 1. The summed E-state index contributed by atoms with van der Waals surface area (Å²) < 4.78 is 10.8. The van der Waals surface area contributed by atoms with Crippen molar-refractivity contribution in [3.05, 3.63) is 80.5 Å². The third-order valence-electron chi connectivity index (χ3n) is 4.12. The summed E-state index contributed by atoms with van der Waals surface area (Å²) in [7, 11) is 1.41. The molecule has 0 spiro atoms. The van der Waals surface area contributed by atoms with Crippen LogP contribution < -0.4 is 15.4 Å². The lowest BCUT2D eigenvalue weighted by Crippen LogP contribution is -2.32. The molecule has 3 aromatic rings. The van der Waals surface area contributed by atoms with Gasteiger partial charge in [-0.05, 0) is 48.6 Å². The number of amides is 1. The molecule has 2 N–H and O–H groups in total. The lowest BCUT2D eigenvalue weighted by molar-refractivity contribution is -0.384. The highest BCUT2D eigenvalue weighted by molar-refractivity contribution is 7.80. The molecule has 1 heterocycles. The molecule has 0 aliphatic carbocycles. The van der Waals surface area contributed by atoms with E-state index in [1.165, 1.54) is 37.5 Å². The van der Waals surface area contributed by atoms with Crippen LogP contribution in [0.3, 0.4) is 0 Å². The van der Waals surface area contributed by atoms with Crippen LogP contribution in [0.4, 0.5) is 11.4 Å². The first kappa shape index (κ1) is 23.3. The average Bonchev–Trinajstić information content (AvgIpc) is 3.22. The molecule has 8 nitrogen and oxygen atoms in total. The van der Waals surface area contributed by atoms with E-state index in [0.717, 1.165) is 0 Å². The summed E-state index contributed by atoms with van der Waals surface area (Å²) in [5.41, 5.74) is 0.709. The third kappa shape index (κ3) is 5.64. The zero-order valence-corrected chi connectivity index (χ0v) is 18.8. The number of hydrogen-bond donors (Lipinski definition) is 2. The van der Waals surface area contributed by atoms with Gasteiger partial charge >= 0.3 is 0 Å². The van der Waals surface area contributed by atoms with Gasteiger partial charge in [0.2, 0.25) is 5.91 Å². The van der Waals surface area contributed by atoms with Gasteiger partial charge in [-0.3, -0.25) is 20.2 Å². The minimum Gasteiger partial charge on any atom is -0.495 e. The Hall–Kier alpha value is -3.40. The van der Waals surface area contributed by atoms with Gasteiger partial charge in [-0.2, -0.15) is 0 Å². The predicted molar refractivity (Wildman–Crippen MR) is 127 cm³/mol. The van der Waals surface area contributed by atoms with Gasteiger partial charge in [-0.25, -0.2) is 0 Å². The highest BCUT2D eigenvalue weighted by Crippen LogP contribution is 2.34. The van der Waals surface area contributed by atoms with Crippen molar-refractivity contribution in [3.63, 3.8) is 0 Å². The van der Waals surface area contributed by atoms with E-state index in [-0.39, 0.29) is 16.5 Å². The van der Waals surface area contributed by atoms with Crippen molar-refractivity contribution in [1.29, 1.82) is 0 Å². The average molecular weight is 492 g/mol. The maximum Gasteiger partial charge on any atom is 0.271 e. The fourth-order valence-corrected chi connectivity index (χ4v) is 3.26. The molecule has 11 heteroatoms. The number of benzene rings is 2. The van der Waals surface area contributed by atoms with Crippen LogP contribution in [0.15, 0.2) is 59.0 Å². The number of rotatable bonds is 6. The molecule has 0 aliphatic heterocycles. The first-order valence-corrected chi connectivity index (χ1v) is 10.1. The van der Waals surface area contributed by atoms with Gasteiger partial charge in [0.25, 0.3) is 5.69 Å². The Bertz CT molecular complexity index is 1230. The number of carbonyl (C=O) groups excluding carboxylic acids is 1. The molecule has 0 aliphatic rings. The van der Waals surface area contributed by atoms with Crippen molar-refractivity contribution in [1.82, 2.24) is 5.32 Å². The van der Waals surface area contributed by atoms with Crippen LogP contribution in [0.2, 0.25) is 10.0 Å². The van der Waals surface area contributed by atoms with Crippen molar-refractivity contribution < 1.29 is 18.9 Å². The van der Waals surface area contributed by atoms with E-state index in [2.05, 4.69) is 10.6 Å². The number of thiocarbonyl (C=S) groups is 1. The fraction of sp³-hybridized carbons (Fsp3) is 0.0476. The lowest BCUT2D eigenvalue weighted by atomic mass is 10.2. The summed E-state index contributed by atoms with van der Waals surface area (Å²) in [6.45, 7) is 0. The number of non-ortho nitro benzene ring substituents is 1. The molecule has 3 rings (SSSR count). The SMILES string of the molecule is COc1ccc([N+](=O)[O-])cc1NC(=S)NC(=O)C=Cc1ccc(-c2cccc(Cl)c2Cl)o1. The molecule has 32 heavy (non-hydrogen) atoms. The number of nitro benzene ring substituents is 1. The number of anilines is 1. The smallest absolute Gasteiger partial charge is 0.271 e. The van der Waals surface area contributed by atoms with E-state index in [4.69, 9.17) is 44.6 Å². The molecule has 1 amide bonds. The molecule has 164 valence electrons. The standard InChI is InChI=1S/C21H15Cl2N3O5S/c1-30-18-8-5-12(26(28)29)11-16(18)24-21(32)25-19(27)10-7-13-6-9-17(31-13)14-3-2-4-15(22)20(14)23/h2-11H,1H3,(H2,24,25,27,32). The molecular formula is C21H15Cl2N3O5S. The van der Waals surface area contributed by atoms with Crippen LogP contribution in [0.5, 0.6) is 5.75 Å². The van der Waals surface area contributed by atoms with E-state index in [0.29, 0.717) is 32.9 Å². The third-order valence-corrected chi connectivity index (χ3v) is 5.14. The van der Waals surface area contributed by atoms with Crippen LogP contribution in [0, 0.1) is 10.1 Å². The Labute approximate surface area is 197 Å². The summed E-state index contributed by atoms with van der Waals surface area (Å²) >= 11 is 17.3. The van der Waals surface area contributed by atoms with Crippen LogP contribution in [0.1, 0.15) is 5.76 Å². The van der Waals surface area contributed by atoms with Gasteiger partial charge in [0.1, 0.15) is 17.3 Å². The molecule has 0 saturated carbocycles. The van der Waals surface area contributed by atoms with E-state index in [1.54, 1.807) is 30.3 Å². The number of methoxy groups -OCH3 is 1. The fourth-order valence-electron chi connectivity index (χ4n) is 2.65. The quantitative estimate of drug-likeness (QED) is 0.197. The molecule has 0 atom stereocenters. The maximum absolute atomic E-state index is 12.2. The van der Waals surface area contributed by atoms with Crippen LogP contribution in [-0.4, -0.2) is 23.1 Å². The highest BCUT2D eigenvalue weighted by Gasteiger charge is 2.13. The molecule has 0 fully saturated rings. The van der Waals surface area contributed by atoms with Gasteiger partial charge in [0, 0.05) is 23.8 Å². The number of carbonyl (C=O) groups is 1. The topological polar surface area (TPSA) is 107 Å². The Morgan fingerprint density at radius 2 is 2.00 bits per heavy atom. The number of furan rings is 1. The monoisotopic (exact) mass is 491 g/mol. The zero-order chi connectivity index (χ0) is 23.3. The van der Waals surface area contributed by atoms with Crippen molar-refractivity contribution in [2.75, 3.05) is 12.4 Å². The van der Waals surface area contributed by atoms with Crippen LogP contribution in [-0.2, 0) is 4.79 Å². The van der Waals surface area contributed by atoms with Gasteiger partial charge in [0.05, 0.1) is 27.8 Å². The van der Waals surface area contributed by atoms with Gasteiger partial charge in [0.15, 0.2) is 5.11 Å². The van der Waals surface area contributed by atoms with Crippen LogP contribution in [0.25, 0.3) is 17.4 Å². The second-order valence-electron chi connectivity index (χ2n) is 6.22. The molecule has 0 unspecified atom stereocenters. The number of halogens is 2. The van der Waals surface area contributed by atoms with Crippen molar-refractivity contribution >= 4 is 63.9 Å². The Morgan fingerprint density at radius 3 is 2.72 bits per heavy atom. The molecular weight excluding hydrogens is 477 g/mol. The van der Waals surface area contributed by atoms with Crippen LogP contribution >= 0.6 is 35.4 Å². The molecule has 0 saturated heterocycles. The summed E-state index contributed by atoms with van der Waals surface area (Å²) in [5.74, 6) is 0.689. The molecule has 1 aromatic heterocycles. The maximum atomic E-state index is 12.2. The van der Waals surface area contributed by atoms with Crippen molar-refractivity contribution in [2.24, 2.45) is 0 Å². The Morgan fingerprint density at radius 1 is 1.22 bits per heavy atom. The van der Waals surface area contributed by atoms with Gasteiger partial charge < -0.3 is 14.5 Å². The summed E-state index contributed by atoms with van der Waals surface area (Å²) in [4.78, 5) is 22.6. The van der Waals surface area contributed by atoms with E-state index >= 15 is 0 Å². The van der Waals surface area contributed by atoms with Crippen molar-refractivity contribution in [2.45, 2.75) is 0 Å². The largest absolute Gasteiger partial charge is 0.495 e. The molecule has 2 aromatic carbocycles. The first-order chi connectivity index (χ1) is 15.3. The number of nitrogens with one attached hydrogen (secondary N) is 2. The highest BCUT2D eigenvalue weighted by atomic mass is 35.5. The lowest BCUT2D eigenvalue weighted by Gasteiger charge is -2.11. The Kier molecular flexibility index (Phi) is 7.47. The number of hydrogen-bond acceptors (Lipinski definition) is 6. The van der Waals surface area contributed by atoms with Crippen molar-refractivity contribution in [3.8, 4) is 17.1 Å². The first-order valence-electron chi connectivity index (χ1n) is 8.95. The van der Waals surface area contributed by atoms with E-state index in [9.17, 15) is 14.9 Å². The van der Waals surface area contributed by atoms with E-state index < -0.39 is 10.8 Å².